The zero-order chi connectivity index (χ0) is 17.6. The second-order valence-corrected chi connectivity index (χ2v) is 7.52. The summed E-state index contributed by atoms with van der Waals surface area (Å²) >= 11 is 0. The first kappa shape index (κ1) is 24.2. The number of carbonyl (C=O) groups is 1. The molecule has 2 heterocycles. The van der Waals surface area contributed by atoms with Gasteiger partial charge in [-0.3, -0.25) is 9.69 Å². The number of nitrogens with zero attached hydrogens (tertiary/aromatic N) is 2. The number of likely N-dealkylation sites (tertiary alicyclic amines) is 1. The second kappa shape index (κ2) is 11.9. The molecule has 2 fully saturated rings. The quantitative estimate of drug-likeness (QED) is 0.799. The van der Waals surface area contributed by atoms with Crippen LogP contribution >= 0.6 is 24.8 Å². The van der Waals surface area contributed by atoms with Crippen LogP contribution in [0.25, 0.3) is 0 Å². The molecular formula is C20H33Cl2N3O2. The SMILES string of the molecule is CC1CCN(C(=O)CC2CN(Cc3ccccc3)CCO2)C(CN)C1.Cl.Cl. The summed E-state index contributed by atoms with van der Waals surface area (Å²) < 4.78 is 5.88. The fourth-order valence-electron chi connectivity index (χ4n) is 4.00. The van der Waals surface area contributed by atoms with Crippen LogP contribution in [0.4, 0.5) is 0 Å². The molecule has 0 radical (unpaired) electrons. The maximum atomic E-state index is 12.8. The maximum Gasteiger partial charge on any atom is 0.225 e. The van der Waals surface area contributed by atoms with Gasteiger partial charge in [0.2, 0.25) is 5.91 Å². The van der Waals surface area contributed by atoms with Gasteiger partial charge in [0.1, 0.15) is 0 Å². The van der Waals surface area contributed by atoms with Gasteiger partial charge in [-0.05, 0) is 24.3 Å². The number of halogens is 2. The van der Waals surface area contributed by atoms with Crippen molar-refractivity contribution in [2.75, 3.05) is 32.8 Å². The number of rotatable bonds is 5. The summed E-state index contributed by atoms with van der Waals surface area (Å²) in [6.07, 6.45) is 2.56. The van der Waals surface area contributed by atoms with Gasteiger partial charge in [0.25, 0.3) is 0 Å². The fraction of sp³-hybridized carbons (Fsp3) is 0.650. The van der Waals surface area contributed by atoms with E-state index < -0.39 is 0 Å². The van der Waals surface area contributed by atoms with E-state index >= 15 is 0 Å². The highest BCUT2D eigenvalue weighted by molar-refractivity contribution is 5.85. The molecule has 2 saturated heterocycles. The van der Waals surface area contributed by atoms with Crippen molar-refractivity contribution >= 4 is 30.7 Å². The average Bonchev–Trinajstić information content (AvgIpc) is 2.62. The number of amides is 1. The molecule has 1 amide bonds. The van der Waals surface area contributed by atoms with E-state index in [-0.39, 0.29) is 42.9 Å². The van der Waals surface area contributed by atoms with Crippen molar-refractivity contribution in [2.45, 2.75) is 44.9 Å². The fourth-order valence-corrected chi connectivity index (χ4v) is 4.00. The summed E-state index contributed by atoms with van der Waals surface area (Å²) in [6.45, 7) is 6.99. The Hall–Kier alpha value is -0.850. The summed E-state index contributed by atoms with van der Waals surface area (Å²) in [5, 5.41) is 0. The van der Waals surface area contributed by atoms with Gasteiger partial charge in [0.05, 0.1) is 19.1 Å². The topological polar surface area (TPSA) is 58.8 Å². The van der Waals surface area contributed by atoms with Gasteiger partial charge in [0.15, 0.2) is 0 Å². The molecule has 5 nitrogen and oxygen atoms in total. The molecule has 0 saturated carbocycles. The zero-order valence-corrected chi connectivity index (χ0v) is 17.7. The van der Waals surface area contributed by atoms with E-state index in [1.807, 2.05) is 11.0 Å². The number of hydrogen-bond acceptors (Lipinski definition) is 4. The molecule has 7 heteroatoms. The van der Waals surface area contributed by atoms with Crippen LogP contribution in [0.2, 0.25) is 0 Å². The minimum Gasteiger partial charge on any atom is -0.375 e. The number of ether oxygens (including phenoxy) is 1. The van der Waals surface area contributed by atoms with Crippen molar-refractivity contribution in [3.8, 4) is 0 Å². The number of piperidine rings is 1. The first-order valence-corrected chi connectivity index (χ1v) is 9.53. The molecule has 1 aromatic carbocycles. The van der Waals surface area contributed by atoms with E-state index in [0.717, 1.165) is 39.0 Å². The molecule has 3 atom stereocenters. The first-order valence-electron chi connectivity index (χ1n) is 9.53. The highest BCUT2D eigenvalue weighted by Gasteiger charge is 2.31. The Morgan fingerprint density at radius 1 is 1.22 bits per heavy atom. The van der Waals surface area contributed by atoms with Gasteiger partial charge >= 0.3 is 0 Å². The highest BCUT2D eigenvalue weighted by atomic mass is 35.5. The van der Waals surface area contributed by atoms with Crippen LogP contribution in [-0.4, -0.2) is 60.6 Å². The molecular weight excluding hydrogens is 385 g/mol. The number of morpholine rings is 1. The van der Waals surface area contributed by atoms with E-state index in [4.69, 9.17) is 10.5 Å². The van der Waals surface area contributed by atoms with Gasteiger partial charge in [-0.2, -0.15) is 0 Å². The largest absolute Gasteiger partial charge is 0.375 e. The van der Waals surface area contributed by atoms with E-state index in [1.165, 1.54) is 5.56 Å². The molecule has 3 rings (SSSR count). The van der Waals surface area contributed by atoms with Crippen molar-refractivity contribution in [3.63, 3.8) is 0 Å². The van der Waals surface area contributed by atoms with Gasteiger partial charge < -0.3 is 15.4 Å². The van der Waals surface area contributed by atoms with E-state index in [1.54, 1.807) is 0 Å². The predicted molar refractivity (Wildman–Crippen MR) is 114 cm³/mol. The third-order valence-corrected chi connectivity index (χ3v) is 5.44. The lowest BCUT2D eigenvalue weighted by Gasteiger charge is -2.39. The van der Waals surface area contributed by atoms with Gasteiger partial charge in [-0.15, -0.1) is 24.8 Å². The van der Waals surface area contributed by atoms with Crippen LogP contribution in [-0.2, 0) is 16.1 Å². The number of nitrogens with two attached hydrogens (primary N) is 1. The Balaban J connectivity index is 0.00000182. The first-order chi connectivity index (χ1) is 12.2. The van der Waals surface area contributed by atoms with Crippen molar-refractivity contribution < 1.29 is 9.53 Å². The summed E-state index contributed by atoms with van der Waals surface area (Å²) in [5.41, 5.74) is 7.21. The van der Waals surface area contributed by atoms with Crippen LogP contribution in [0.1, 0.15) is 31.7 Å². The van der Waals surface area contributed by atoms with Crippen LogP contribution in [0, 0.1) is 5.92 Å². The van der Waals surface area contributed by atoms with Gasteiger partial charge in [-0.1, -0.05) is 37.3 Å². The van der Waals surface area contributed by atoms with Crippen LogP contribution < -0.4 is 5.73 Å². The number of hydrogen-bond donors (Lipinski definition) is 1. The van der Waals surface area contributed by atoms with E-state index in [2.05, 4.69) is 36.1 Å². The summed E-state index contributed by atoms with van der Waals surface area (Å²) in [7, 11) is 0. The molecule has 0 spiro atoms. The molecule has 0 aromatic heterocycles. The standard InChI is InChI=1S/C20H31N3O2.2ClH/c1-16-7-8-23(18(11-16)13-21)20(24)12-19-15-22(9-10-25-19)14-17-5-3-2-4-6-17;;/h2-6,16,18-19H,7-15,21H2,1H3;2*1H. The van der Waals surface area contributed by atoms with Crippen LogP contribution in [0.3, 0.4) is 0 Å². The molecule has 0 aliphatic carbocycles. The molecule has 1 aromatic rings. The third-order valence-electron chi connectivity index (χ3n) is 5.44. The monoisotopic (exact) mass is 417 g/mol. The lowest BCUT2D eigenvalue weighted by Crippen LogP contribution is -2.51. The summed E-state index contributed by atoms with van der Waals surface area (Å²) in [5.74, 6) is 0.860. The Morgan fingerprint density at radius 3 is 2.67 bits per heavy atom. The molecule has 2 aliphatic heterocycles. The predicted octanol–water partition coefficient (Wildman–Crippen LogP) is 2.71. The molecule has 3 unspecified atom stereocenters. The Labute approximate surface area is 175 Å². The number of carbonyl (C=O) groups excluding carboxylic acids is 1. The van der Waals surface area contributed by atoms with Crippen molar-refractivity contribution in [2.24, 2.45) is 11.7 Å². The van der Waals surface area contributed by atoms with E-state index in [9.17, 15) is 4.79 Å². The van der Waals surface area contributed by atoms with Crippen LogP contribution in [0.15, 0.2) is 30.3 Å². The van der Waals surface area contributed by atoms with Crippen LogP contribution in [0.5, 0.6) is 0 Å². The van der Waals surface area contributed by atoms with Gasteiger partial charge in [0, 0.05) is 38.8 Å². The Morgan fingerprint density at radius 2 is 1.96 bits per heavy atom. The minimum absolute atomic E-state index is 0. The minimum atomic E-state index is -0.0114. The lowest BCUT2D eigenvalue weighted by atomic mass is 9.92. The normalized spacial score (nSPS) is 26.0. The molecule has 154 valence electrons. The summed E-state index contributed by atoms with van der Waals surface area (Å²) in [4.78, 5) is 17.2. The molecule has 0 bridgehead atoms. The van der Waals surface area contributed by atoms with Crippen molar-refractivity contribution in [1.82, 2.24) is 9.80 Å². The van der Waals surface area contributed by atoms with E-state index in [0.29, 0.717) is 25.5 Å². The number of benzene rings is 1. The lowest BCUT2D eigenvalue weighted by molar-refractivity contribution is -0.140. The zero-order valence-electron chi connectivity index (χ0n) is 16.1. The smallest absolute Gasteiger partial charge is 0.225 e. The second-order valence-electron chi connectivity index (χ2n) is 7.52. The average molecular weight is 418 g/mol. The third kappa shape index (κ3) is 6.91. The van der Waals surface area contributed by atoms with Crippen molar-refractivity contribution in [3.05, 3.63) is 35.9 Å². The summed E-state index contributed by atoms with van der Waals surface area (Å²) in [6, 6.07) is 10.7. The van der Waals surface area contributed by atoms with Crippen molar-refractivity contribution in [1.29, 1.82) is 0 Å². The Kier molecular flexibility index (Phi) is 10.6. The van der Waals surface area contributed by atoms with Gasteiger partial charge in [-0.25, -0.2) is 0 Å². The molecule has 2 aliphatic rings. The Bertz CT molecular complexity index is 561. The highest BCUT2D eigenvalue weighted by Crippen LogP contribution is 2.23. The molecule has 27 heavy (non-hydrogen) atoms. The molecule has 2 N–H and O–H groups in total. The maximum absolute atomic E-state index is 12.8.